The third-order valence-electron chi connectivity index (χ3n) is 5.84. The number of amides is 1. The van der Waals surface area contributed by atoms with Gasteiger partial charge in [0, 0.05) is 23.0 Å². The van der Waals surface area contributed by atoms with Gasteiger partial charge in [0.2, 0.25) is 5.95 Å². The van der Waals surface area contributed by atoms with E-state index >= 15 is 0 Å². The number of rotatable bonds is 5. The van der Waals surface area contributed by atoms with E-state index in [4.69, 9.17) is 14.8 Å². The second-order valence-corrected chi connectivity index (χ2v) is 8.02. The predicted octanol–water partition coefficient (Wildman–Crippen LogP) is 4.58. The van der Waals surface area contributed by atoms with Crippen molar-refractivity contribution in [2.75, 3.05) is 17.7 Å². The van der Waals surface area contributed by atoms with Crippen LogP contribution in [-0.2, 0) is 4.79 Å². The maximum absolute atomic E-state index is 13.6. The zero-order valence-electron chi connectivity index (χ0n) is 19.1. The molecule has 1 aliphatic heterocycles. The van der Waals surface area contributed by atoms with Crippen molar-refractivity contribution in [2.24, 2.45) is 0 Å². The molecule has 2 aromatic carbocycles. The van der Waals surface area contributed by atoms with Crippen molar-refractivity contribution in [3.05, 3.63) is 95.5 Å². The average molecular weight is 453 g/mol. The lowest BCUT2D eigenvalue weighted by Gasteiger charge is -2.29. The van der Waals surface area contributed by atoms with Gasteiger partial charge in [0.15, 0.2) is 5.82 Å². The monoisotopic (exact) mass is 452 g/mol. The normalized spacial score (nSPS) is 14.9. The molecule has 5 rings (SSSR count). The molecule has 0 aliphatic carbocycles. The van der Waals surface area contributed by atoms with Gasteiger partial charge in [-0.3, -0.25) is 9.78 Å². The fourth-order valence-electron chi connectivity index (χ4n) is 4.20. The minimum Gasteiger partial charge on any atom is -0.496 e. The minimum absolute atomic E-state index is 0.257. The van der Waals surface area contributed by atoms with Crippen molar-refractivity contribution in [3.63, 3.8) is 0 Å². The molecule has 8 heteroatoms. The summed E-state index contributed by atoms with van der Waals surface area (Å²) in [5, 5.41) is 11.1. The lowest BCUT2D eigenvalue weighted by Crippen LogP contribution is -2.31. The summed E-state index contributed by atoms with van der Waals surface area (Å²) in [6.45, 7) is 3.89. The molecule has 1 atom stereocenters. The van der Waals surface area contributed by atoms with E-state index in [2.05, 4.69) is 15.6 Å². The summed E-state index contributed by atoms with van der Waals surface area (Å²) >= 11 is 0. The molecule has 0 saturated carbocycles. The van der Waals surface area contributed by atoms with Gasteiger partial charge in [-0.25, -0.2) is 4.68 Å². The molecular formula is C26H24N6O2. The molecule has 0 radical (unpaired) electrons. The summed E-state index contributed by atoms with van der Waals surface area (Å²) in [6, 6.07) is 18.6. The molecule has 1 amide bonds. The SMILES string of the molecule is COc1ccccc1C1C(C(=O)Nc2cccnc2)=C(C)Nc2nc(-c3ccccc3C)nn21. The van der Waals surface area contributed by atoms with Gasteiger partial charge in [-0.2, -0.15) is 4.98 Å². The maximum Gasteiger partial charge on any atom is 0.255 e. The van der Waals surface area contributed by atoms with E-state index in [0.717, 1.165) is 16.7 Å². The number of benzene rings is 2. The summed E-state index contributed by atoms with van der Waals surface area (Å²) < 4.78 is 7.41. The zero-order chi connectivity index (χ0) is 23.7. The molecule has 170 valence electrons. The number of carbonyl (C=O) groups excluding carboxylic acids is 1. The number of para-hydroxylation sites is 1. The van der Waals surface area contributed by atoms with E-state index in [-0.39, 0.29) is 5.91 Å². The fourth-order valence-corrected chi connectivity index (χ4v) is 4.20. The van der Waals surface area contributed by atoms with E-state index < -0.39 is 6.04 Å². The van der Waals surface area contributed by atoms with Crippen molar-refractivity contribution in [3.8, 4) is 17.1 Å². The Morgan fingerprint density at radius 1 is 1.06 bits per heavy atom. The van der Waals surface area contributed by atoms with Crippen LogP contribution >= 0.6 is 0 Å². The Bertz CT molecular complexity index is 1390. The van der Waals surface area contributed by atoms with Crippen molar-refractivity contribution >= 4 is 17.5 Å². The van der Waals surface area contributed by atoms with Crippen LogP contribution in [0.4, 0.5) is 11.6 Å². The number of anilines is 2. The number of allylic oxidation sites excluding steroid dienone is 1. The first-order valence-electron chi connectivity index (χ1n) is 10.9. The van der Waals surface area contributed by atoms with E-state index in [1.165, 1.54) is 0 Å². The molecule has 4 aromatic rings. The Morgan fingerprint density at radius 2 is 1.85 bits per heavy atom. The van der Waals surface area contributed by atoms with Crippen LogP contribution in [0.1, 0.15) is 24.1 Å². The number of aromatic nitrogens is 4. The number of hydrogen-bond acceptors (Lipinski definition) is 6. The first-order chi connectivity index (χ1) is 16.6. The highest BCUT2D eigenvalue weighted by atomic mass is 16.5. The lowest BCUT2D eigenvalue weighted by atomic mass is 9.94. The number of nitrogens with one attached hydrogen (secondary N) is 2. The van der Waals surface area contributed by atoms with Crippen molar-refractivity contribution in [1.29, 1.82) is 0 Å². The van der Waals surface area contributed by atoms with Crippen LogP contribution in [0, 0.1) is 6.92 Å². The Balaban J connectivity index is 1.65. The third kappa shape index (κ3) is 3.79. The summed E-state index contributed by atoms with van der Waals surface area (Å²) in [5.41, 5.74) is 4.62. The van der Waals surface area contributed by atoms with E-state index in [1.54, 1.807) is 36.3 Å². The fraction of sp³-hybridized carbons (Fsp3) is 0.154. The van der Waals surface area contributed by atoms with Gasteiger partial charge < -0.3 is 15.4 Å². The quantitative estimate of drug-likeness (QED) is 0.460. The summed E-state index contributed by atoms with van der Waals surface area (Å²) in [5.74, 6) is 1.55. The van der Waals surface area contributed by atoms with E-state index in [1.807, 2.05) is 62.4 Å². The molecule has 0 spiro atoms. The summed E-state index contributed by atoms with van der Waals surface area (Å²) in [6.07, 6.45) is 3.27. The van der Waals surface area contributed by atoms with Gasteiger partial charge in [-0.15, -0.1) is 5.10 Å². The highest BCUT2D eigenvalue weighted by Crippen LogP contribution is 2.40. The topological polar surface area (TPSA) is 94.0 Å². The standard InChI is InChI=1S/C26H24N6O2/c1-16-9-4-5-11-19(16)24-30-26-28-17(2)22(25(33)29-18-10-8-14-27-15-18)23(32(26)31-24)20-12-6-7-13-21(20)34-3/h4-15,23H,1-3H3,(H,29,33)(H,28,30,31). The zero-order valence-corrected chi connectivity index (χ0v) is 19.1. The predicted molar refractivity (Wildman–Crippen MR) is 131 cm³/mol. The number of aryl methyl sites for hydroxylation is 1. The number of ether oxygens (including phenoxy) is 1. The molecule has 0 bridgehead atoms. The summed E-state index contributed by atoms with van der Waals surface area (Å²) in [7, 11) is 1.62. The highest BCUT2D eigenvalue weighted by Gasteiger charge is 2.36. The van der Waals surface area contributed by atoms with Gasteiger partial charge >= 0.3 is 0 Å². The van der Waals surface area contributed by atoms with Gasteiger partial charge in [0.05, 0.1) is 24.6 Å². The van der Waals surface area contributed by atoms with Crippen LogP contribution < -0.4 is 15.4 Å². The second-order valence-electron chi connectivity index (χ2n) is 8.02. The number of hydrogen-bond donors (Lipinski definition) is 2. The smallest absolute Gasteiger partial charge is 0.255 e. The molecule has 8 nitrogen and oxygen atoms in total. The second kappa shape index (κ2) is 8.82. The van der Waals surface area contributed by atoms with Gasteiger partial charge in [-0.1, -0.05) is 42.5 Å². The number of carbonyl (C=O) groups is 1. The van der Waals surface area contributed by atoms with Gasteiger partial charge in [-0.05, 0) is 37.6 Å². The molecule has 0 saturated heterocycles. The Labute approximate surface area is 197 Å². The molecule has 2 N–H and O–H groups in total. The molecule has 1 unspecified atom stereocenters. The van der Waals surface area contributed by atoms with Crippen LogP contribution in [0.15, 0.2) is 84.3 Å². The van der Waals surface area contributed by atoms with Crippen LogP contribution in [0.2, 0.25) is 0 Å². The molecule has 0 fully saturated rings. The van der Waals surface area contributed by atoms with Crippen LogP contribution in [0.5, 0.6) is 5.75 Å². The number of nitrogens with zero attached hydrogens (tertiary/aromatic N) is 4. The Kier molecular flexibility index (Phi) is 5.55. The van der Waals surface area contributed by atoms with Crippen molar-refractivity contribution in [1.82, 2.24) is 19.7 Å². The molecular weight excluding hydrogens is 428 g/mol. The average Bonchev–Trinajstić information content (AvgIpc) is 3.27. The van der Waals surface area contributed by atoms with E-state index in [0.29, 0.717) is 34.5 Å². The largest absolute Gasteiger partial charge is 0.496 e. The molecule has 1 aliphatic rings. The number of methoxy groups -OCH3 is 1. The Morgan fingerprint density at radius 3 is 2.62 bits per heavy atom. The molecule has 2 aromatic heterocycles. The van der Waals surface area contributed by atoms with Gasteiger partial charge in [0.1, 0.15) is 11.8 Å². The van der Waals surface area contributed by atoms with Crippen LogP contribution in [0.3, 0.4) is 0 Å². The van der Waals surface area contributed by atoms with Crippen LogP contribution in [0.25, 0.3) is 11.4 Å². The third-order valence-corrected chi connectivity index (χ3v) is 5.84. The minimum atomic E-state index is -0.547. The highest BCUT2D eigenvalue weighted by molar-refractivity contribution is 6.06. The van der Waals surface area contributed by atoms with Crippen LogP contribution in [-0.4, -0.2) is 32.8 Å². The maximum atomic E-state index is 13.6. The van der Waals surface area contributed by atoms with Gasteiger partial charge in [0.25, 0.3) is 5.91 Å². The number of fused-ring (bicyclic) bond motifs is 1. The number of pyridine rings is 1. The molecule has 3 heterocycles. The Hall–Kier alpha value is -4.46. The first kappa shape index (κ1) is 21.4. The van der Waals surface area contributed by atoms with E-state index in [9.17, 15) is 4.79 Å². The summed E-state index contributed by atoms with van der Waals surface area (Å²) in [4.78, 5) is 22.4. The van der Waals surface area contributed by atoms with Crippen molar-refractivity contribution < 1.29 is 9.53 Å². The molecule has 34 heavy (non-hydrogen) atoms. The first-order valence-corrected chi connectivity index (χ1v) is 10.9. The lowest BCUT2D eigenvalue weighted by molar-refractivity contribution is -0.113. The van der Waals surface area contributed by atoms with Crippen molar-refractivity contribution in [2.45, 2.75) is 19.9 Å².